The van der Waals surface area contributed by atoms with Crippen LogP contribution in [0.25, 0.3) is 10.6 Å². The fourth-order valence-corrected chi connectivity index (χ4v) is 2.91. The minimum atomic E-state index is -0.237. The van der Waals surface area contributed by atoms with E-state index in [-0.39, 0.29) is 12.4 Å². The molecule has 0 aliphatic rings. The van der Waals surface area contributed by atoms with E-state index in [9.17, 15) is 4.79 Å². The number of esters is 1. The summed E-state index contributed by atoms with van der Waals surface area (Å²) in [6.07, 6.45) is 0.225. The van der Waals surface area contributed by atoms with Crippen molar-refractivity contribution in [2.24, 2.45) is 7.05 Å². The Hall–Kier alpha value is -1.69. The molecule has 0 radical (unpaired) electrons. The summed E-state index contributed by atoms with van der Waals surface area (Å²) in [6.45, 7) is 6.18. The minimum absolute atomic E-state index is 0.225. The van der Waals surface area contributed by atoms with Crippen molar-refractivity contribution >= 4 is 17.3 Å². The van der Waals surface area contributed by atoms with Crippen LogP contribution in [0.15, 0.2) is 5.38 Å². The molecule has 6 heteroatoms. The molecule has 2 aromatic rings. The van der Waals surface area contributed by atoms with Crippen LogP contribution in [0.1, 0.15) is 24.0 Å². The van der Waals surface area contributed by atoms with Crippen LogP contribution in [-0.4, -0.2) is 27.3 Å². The Morgan fingerprint density at radius 2 is 2.21 bits per heavy atom. The predicted octanol–water partition coefficient (Wildman–Crippen LogP) is 2.27. The summed E-state index contributed by atoms with van der Waals surface area (Å²) in [5.74, 6) is -0.237. The van der Waals surface area contributed by atoms with Crippen LogP contribution in [-0.2, 0) is 23.0 Å². The van der Waals surface area contributed by atoms with E-state index < -0.39 is 0 Å². The van der Waals surface area contributed by atoms with Crippen molar-refractivity contribution in [3.05, 3.63) is 22.5 Å². The van der Waals surface area contributed by atoms with Gasteiger partial charge >= 0.3 is 5.97 Å². The number of carbonyl (C=O) groups is 1. The first-order valence-electron chi connectivity index (χ1n) is 6.13. The summed E-state index contributed by atoms with van der Waals surface area (Å²) in [5.41, 5.74) is 3.84. The van der Waals surface area contributed by atoms with Crippen molar-refractivity contribution in [3.63, 3.8) is 0 Å². The zero-order valence-electron chi connectivity index (χ0n) is 11.6. The molecule has 0 aromatic carbocycles. The van der Waals surface area contributed by atoms with Gasteiger partial charge in [-0.3, -0.25) is 9.48 Å². The molecule has 102 valence electrons. The molecule has 2 rings (SSSR count). The number of ether oxygens (including phenoxy) is 1. The normalized spacial score (nSPS) is 10.7. The highest BCUT2D eigenvalue weighted by Crippen LogP contribution is 2.29. The topological polar surface area (TPSA) is 57.0 Å². The fourth-order valence-electron chi connectivity index (χ4n) is 1.95. The van der Waals surface area contributed by atoms with Gasteiger partial charge < -0.3 is 4.74 Å². The Kier molecular flexibility index (Phi) is 3.99. The second kappa shape index (κ2) is 5.52. The van der Waals surface area contributed by atoms with Gasteiger partial charge in [0.25, 0.3) is 0 Å². The minimum Gasteiger partial charge on any atom is -0.466 e. The Morgan fingerprint density at radius 1 is 1.47 bits per heavy atom. The standard InChI is InChI=1S/C13H17N3O2S/c1-5-18-11(17)6-10-7-19-13(14-10)12-8(2)15-16(4)9(12)3/h7H,5-6H2,1-4H3. The smallest absolute Gasteiger partial charge is 0.311 e. The molecule has 0 amide bonds. The van der Waals surface area contributed by atoms with Crippen LogP contribution in [0.5, 0.6) is 0 Å². The highest BCUT2D eigenvalue weighted by atomic mass is 32.1. The van der Waals surface area contributed by atoms with Crippen molar-refractivity contribution in [1.82, 2.24) is 14.8 Å². The maximum atomic E-state index is 11.4. The average Bonchev–Trinajstić information content (AvgIpc) is 2.86. The summed E-state index contributed by atoms with van der Waals surface area (Å²) in [6, 6.07) is 0. The summed E-state index contributed by atoms with van der Waals surface area (Å²) >= 11 is 1.53. The molecule has 0 aliphatic heterocycles. The number of rotatable bonds is 4. The lowest BCUT2D eigenvalue weighted by Crippen LogP contribution is -2.07. The van der Waals surface area contributed by atoms with Crippen molar-refractivity contribution in [3.8, 4) is 10.6 Å². The summed E-state index contributed by atoms with van der Waals surface area (Å²) in [5, 5.41) is 7.18. The number of aromatic nitrogens is 3. The van der Waals surface area contributed by atoms with Crippen LogP contribution >= 0.6 is 11.3 Å². The SMILES string of the molecule is CCOC(=O)Cc1csc(-c2c(C)nn(C)c2C)n1. The van der Waals surface area contributed by atoms with Gasteiger partial charge in [-0.2, -0.15) is 5.10 Å². The Balaban J connectivity index is 2.23. The first-order valence-corrected chi connectivity index (χ1v) is 7.01. The molecule has 0 saturated heterocycles. The van der Waals surface area contributed by atoms with Crippen LogP contribution in [0, 0.1) is 13.8 Å². The van der Waals surface area contributed by atoms with E-state index in [2.05, 4.69) is 10.1 Å². The molecule has 0 saturated carbocycles. The lowest BCUT2D eigenvalue weighted by molar-refractivity contribution is -0.142. The van der Waals surface area contributed by atoms with Crippen LogP contribution in [0.3, 0.4) is 0 Å². The molecule has 0 spiro atoms. The van der Waals surface area contributed by atoms with Gasteiger partial charge in [-0.05, 0) is 20.8 Å². The third-order valence-electron chi connectivity index (χ3n) is 2.91. The molecule has 2 heterocycles. The summed E-state index contributed by atoms with van der Waals surface area (Å²) in [4.78, 5) is 15.9. The van der Waals surface area contributed by atoms with Crippen molar-refractivity contribution < 1.29 is 9.53 Å². The fraction of sp³-hybridized carbons (Fsp3) is 0.462. The molecule has 0 unspecified atom stereocenters. The molecule has 0 atom stereocenters. The summed E-state index contributed by atoms with van der Waals surface area (Å²) < 4.78 is 6.77. The number of hydrogen-bond acceptors (Lipinski definition) is 5. The first kappa shape index (κ1) is 13.7. The van der Waals surface area contributed by atoms with Crippen molar-refractivity contribution in [2.45, 2.75) is 27.2 Å². The predicted molar refractivity (Wildman–Crippen MR) is 74.1 cm³/mol. The third-order valence-corrected chi connectivity index (χ3v) is 3.81. The van der Waals surface area contributed by atoms with Crippen LogP contribution < -0.4 is 0 Å². The van der Waals surface area contributed by atoms with E-state index in [1.54, 1.807) is 6.92 Å². The largest absolute Gasteiger partial charge is 0.466 e. The van der Waals surface area contributed by atoms with E-state index in [1.165, 1.54) is 11.3 Å². The van der Waals surface area contributed by atoms with Gasteiger partial charge in [-0.15, -0.1) is 11.3 Å². The average molecular weight is 279 g/mol. The second-order valence-electron chi connectivity index (χ2n) is 4.30. The Labute approximate surface area is 116 Å². The maximum Gasteiger partial charge on any atom is 0.311 e. The van der Waals surface area contributed by atoms with Crippen LogP contribution in [0.4, 0.5) is 0 Å². The molecule has 0 N–H and O–H groups in total. The number of thiazole rings is 1. The quantitative estimate of drug-likeness (QED) is 0.806. The molecule has 2 aromatic heterocycles. The van der Waals surface area contributed by atoms with Gasteiger partial charge in [-0.25, -0.2) is 4.98 Å². The summed E-state index contributed by atoms with van der Waals surface area (Å²) in [7, 11) is 1.92. The maximum absolute atomic E-state index is 11.4. The molecular formula is C13H17N3O2S. The number of carbonyl (C=O) groups excluding carboxylic acids is 1. The molecule has 0 fully saturated rings. The number of hydrogen-bond donors (Lipinski definition) is 0. The zero-order chi connectivity index (χ0) is 14.0. The van der Waals surface area contributed by atoms with Gasteiger partial charge in [0, 0.05) is 18.1 Å². The number of aryl methyl sites for hydroxylation is 2. The Morgan fingerprint density at radius 3 is 2.79 bits per heavy atom. The number of nitrogens with zero attached hydrogens (tertiary/aromatic N) is 3. The molecule has 0 bridgehead atoms. The van der Waals surface area contributed by atoms with E-state index >= 15 is 0 Å². The van der Waals surface area contributed by atoms with E-state index in [1.807, 2.05) is 31.0 Å². The lowest BCUT2D eigenvalue weighted by Gasteiger charge is -1.99. The highest BCUT2D eigenvalue weighted by Gasteiger charge is 2.16. The molecule has 19 heavy (non-hydrogen) atoms. The van der Waals surface area contributed by atoms with Crippen molar-refractivity contribution in [2.75, 3.05) is 6.61 Å². The lowest BCUT2D eigenvalue weighted by atomic mass is 10.2. The van der Waals surface area contributed by atoms with Gasteiger partial charge in [0.05, 0.1) is 30.0 Å². The van der Waals surface area contributed by atoms with E-state index in [0.717, 1.165) is 27.7 Å². The van der Waals surface area contributed by atoms with Crippen molar-refractivity contribution in [1.29, 1.82) is 0 Å². The highest BCUT2D eigenvalue weighted by molar-refractivity contribution is 7.13. The molecule has 0 aliphatic carbocycles. The van der Waals surface area contributed by atoms with E-state index in [4.69, 9.17) is 4.74 Å². The molecular weight excluding hydrogens is 262 g/mol. The Bertz CT molecular complexity index is 601. The third kappa shape index (κ3) is 2.84. The monoisotopic (exact) mass is 279 g/mol. The first-order chi connectivity index (χ1) is 9.02. The van der Waals surface area contributed by atoms with E-state index in [0.29, 0.717) is 6.61 Å². The zero-order valence-corrected chi connectivity index (χ0v) is 12.4. The van der Waals surface area contributed by atoms with Gasteiger partial charge in [0.15, 0.2) is 0 Å². The van der Waals surface area contributed by atoms with Gasteiger partial charge in [0.1, 0.15) is 5.01 Å². The van der Waals surface area contributed by atoms with Gasteiger partial charge in [-0.1, -0.05) is 0 Å². The molecule has 5 nitrogen and oxygen atoms in total. The van der Waals surface area contributed by atoms with Crippen LogP contribution in [0.2, 0.25) is 0 Å². The second-order valence-corrected chi connectivity index (χ2v) is 5.15. The van der Waals surface area contributed by atoms with Gasteiger partial charge in [0.2, 0.25) is 0 Å².